The van der Waals surface area contributed by atoms with E-state index in [0.29, 0.717) is 24.5 Å². The number of hydrogen-bond donors (Lipinski definition) is 1. The molecule has 2 aromatic heterocycles. The Morgan fingerprint density at radius 1 is 1.29 bits per heavy atom. The normalized spacial score (nSPS) is 20.8. The van der Waals surface area contributed by atoms with E-state index in [0.717, 1.165) is 23.6 Å². The first kappa shape index (κ1) is 20.5. The number of piperidine rings is 1. The molecule has 1 aromatic carbocycles. The summed E-state index contributed by atoms with van der Waals surface area (Å²) in [6, 6.07) is 15.9. The number of carbonyl (C=O) groups is 1. The zero-order valence-corrected chi connectivity index (χ0v) is 17.5. The van der Waals surface area contributed by atoms with Crippen LogP contribution in [0.4, 0.5) is 5.82 Å². The van der Waals surface area contributed by atoms with Crippen LogP contribution in [0.3, 0.4) is 0 Å². The molecule has 4 rings (SSSR count). The van der Waals surface area contributed by atoms with Gasteiger partial charge in [0.25, 0.3) is 0 Å². The van der Waals surface area contributed by atoms with Gasteiger partial charge >= 0.3 is 5.97 Å². The summed E-state index contributed by atoms with van der Waals surface area (Å²) in [7, 11) is 0. The van der Waals surface area contributed by atoms with Crippen LogP contribution in [0, 0.1) is 17.2 Å². The molecular formula is C23H24N6O2. The Bertz CT molecular complexity index is 1070. The molecule has 1 aliphatic rings. The molecule has 31 heavy (non-hydrogen) atoms. The Kier molecular flexibility index (Phi) is 5.94. The quantitative estimate of drug-likeness (QED) is 0.634. The minimum Gasteiger partial charge on any atom is -0.462 e. The molecule has 3 atom stereocenters. The molecular weight excluding hydrogens is 392 g/mol. The van der Waals surface area contributed by atoms with Gasteiger partial charge in [0.15, 0.2) is 5.82 Å². The zero-order valence-electron chi connectivity index (χ0n) is 17.5. The molecule has 1 N–H and O–H groups in total. The average molecular weight is 416 g/mol. The molecule has 0 spiro atoms. The predicted molar refractivity (Wildman–Crippen MR) is 115 cm³/mol. The molecule has 0 saturated carbocycles. The Balaban J connectivity index is 1.51. The first-order valence-corrected chi connectivity index (χ1v) is 10.4. The van der Waals surface area contributed by atoms with Crippen LogP contribution < -0.4 is 4.90 Å². The van der Waals surface area contributed by atoms with Crippen LogP contribution in [-0.2, 0) is 4.74 Å². The number of nitriles is 1. The van der Waals surface area contributed by atoms with E-state index in [9.17, 15) is 10.1 Å². The molecule has 1 aliphatic heterocycles. The number of hydrogen-bond acceptors (Lipinski definition) is 7. The summed E-state index contributed by atoms with van der Waals surface area (Å²) in [5.74, 6) is 1.42. The van der Waals surface area contributed by atoms with Crippen molar-refractivity contribution in [3.8, 4) is 17.5 Å². The number of pyridine rings is 1. The van der Waals surface area contributed by atoms with E-state index < -0.39 is 0 Å². The van der Waals surface area contributed by atoms with Crippen LogP contribution in [0.2, 0.25) is 0 Å². The summed E-state index contributed by atoms with van der Waals surface area (Å²) in [4.78, 5) is 23.1. The van der Waals surface area contributed by atoms with Crippen molar-refractivity contribution in [2.24, 2.45) is 5.92 Å². The van der Waals surface area contributed by atoms with Gasteiger partial charge in [0.2, 0.25) is 0 Å². The number of H-pyrrole nitrogens is 1. The highest BCUT2D eigenvalue weighted by Gasteiger charge is 2.37. The molecule has 8 nitrogen and oxygen atoms in total. The van der Waals surface area contributed by atoms with Gasteiger partial charge in [0.05, 0.1) is 24.2 Å². The molecule has 0 aliphatic carbocycles. The topological polar surface area (TPSA) is 108 Å². The molecule has 8 heteroatoms. The van der Waals surface area contributed by atoms with Crippen molar-refractivity contribution in [2.45, 2.75) is 32.2 Å². The fourth-order valence-corrected chi connectivity index (χ4v) is 3.98. The molecule has 158 valence electrons. The number of rotatable bonds is 5. The summed E-state index contributed by atoms with van der Waals surface area (Å²) < 4.78 is 5.01. The van der Waals surface area contributed by atoms with Gasteiger partial charge in [-0.05, 0) is 32.4 Å². The lowest BCUT2D eigenvalue weighted by Gasteiger charge is -2.40. The van der Waals surface area contributed by atoms with Crippen molar-refractivity contribution in [2.75, 3.05) is 18.1 Å². The van der Waals surface area contributed by atoms with Gasteiger partial charge in [-0.2, -0.15) is 10.4 Å². The molecule has 0 amide bonds. The second kappa shape index (κ2) is 8.96. The van der Waals surface area contributed by atoms with Crippen LogP contribution in [0.5, 0.6) is 0 Å². The Hall–Kier alpha value is -3.73. The van der Waals surface area contributed by atoms with Gasteiger partial charge in [-0.25, -0.2) is 14.8 Å². The summed E-state index contributed by atoms with van der Waals surface area (Å²) in [5, 5.41) is 17.3. The standard InChI is InChI=1S/C23H24N6O2/c1-3-31-23(30)17-9-10-20(25-13-17)29-14-18(12-24)19(11-15(29)2)22-26-21(27-28-22)16-7-5-4-6-8-16/h4-10,13,15,18-19H,3,11,14H2,1-2H3,(H,26,27,28). The van der Waals surface area contributed by atoms with Crippen molar-refractivity contribution >= 4 is 11.8 Å². The maximum absolute atomic E-state index is 11.9. The largest absolute Gasteiger partial charge is 0.462 e. The fraction of sp³-hybridized carbons (Fsp3) is 0.348. The number of benzene rings is 1. The summed E-state index contributed by atoms with van der Waals surface area (Å²) in [6.07, 6.45) is 2.26. The van der Waals surface area contributed by atoms with Crippen LogP contribution in [0.15, 0.2) is 48.7 Å². The van der Waals surface area contributed by atoms with Crippen molar-refractivity contribution in [3.63, 3.8) is 0 Å². The average Bonchev–Trinajstić information content (AvgIpc) is 3.30. The zero-order chi connectivity index (χ0) is 21.8. The van der Waals surface area contributed by atoms with Gasteiger partial charge in [-0.1, -0.05) is 30.3 Å². The van der Waals surface area contributed by atoms with Crippen molar-refractivity contribution in [3.05, 3.63) is 60.0 Å². The second-order valence-electron chi connectivity index (χ2n) is 7.61. The Labute approximate surface area is 180 Å². The van der Waals surface area contributed by atoms with Crippen LogP contribution >= 0.6 is 0 Å². The van der Waals surface area contributed by atoms with Crippen molar-refractivity contribution in [1.29, 1.82) is 5.26 Å². The van der Waals surface area contributed by atoms with Crippen LogP contribution in [0.25, 0.3) is 11.4 Å². The van der Waals surface area contributed by atoms with Crippen LogP contribution in [0.1, 0.15) is 42.4 Å². The molecule has 1 fully saturated rings. The lowest BCUT2D eigenvalue weighted by Crippen LogP contribution is -2.45. The monoisotopic (exact) mass is 416 g/mol. The third-order valence-electron chi connectivity index (χ3n) is 5.61. The highest BCUT2D eigenvalue weighted by molar-refractivity contribution is 5.89. The van der Waals surface area contributed by atoms with E-state index in [-0.39, 0.29) is 23.8 Å². The van der Waals surface area contributed by atoms with E-state index in [1.165, 1.54) is 6.20 Å². The van der Waals surface area contributed by atoms with E-state index in [2.05, 4.69) is 38.1 Å². The molecule has 3 unspecified atom stereocenters. The first-order chi connectivity index (χ1) is 15.1. The highest BCUT2D eigenvalue weighted by Crippen LogP contribution is 2.36. The fourth-order valence-electron chi connectivity index (χ4n) is 3.98. The number of aromatic nitrogens is 4. The maximum Gasteiger partial charge on any atom is 0.339 e. The van der Waals surface area contributed by atoms with Crippen molar-refractivity contribution < 1.29 is 9.53 Å². The molecule has 3 aromatic rings. The highest BCUT2D eigenvalue weighted by atomic mass is 16.5. The number of esters is 1. The van der Waals surface area contributed by atoms with Gasteiger partial charge < -0.3 is 9.64 Å². The minimum absolute atomic E-state index is 0.0417. The number of carbonyl (C=O) groups excluding carboxylic acids is 1. The molecule has 0 radical (unpaired) electrons. The lowest BCUT2D eigenvalue weighted by atomic mass is 9.82. The minimum atomic E-state index is -0.386. The summed E-state index contributed by atoms with van der Waals surface area (Å²) in [5.41, 5.74) is 1.36. The van der Waals surface area contributed by atoms with E-state index >= 15 is 0 Å². The number of nitrogens with one attached hydrogen (secondary N) is 1. The van der Waals surface area contributed by atoms with E-state index in [4.69, 9.17) is 4.74 Å². The lowest BCUT2D eigenvalue weighted by molar-refractivity contribution is 0.0526. The summed E-state index contributed by atoms with van der Waals surface area (Å²) in [6.45, 7) is 4.72. The number of anilines is 1. The number of ether oxygens (including phenoxy) is 1. The SMILES string of the molecule is CCOC(=O)c1ccc(N2CC(C#N)C(c3nc(-c4ccccc4)n[nH]3)CC2C)nc1. The van der Waals surface area contributed by atoms with E-state index in [1.54, 1.807) is 19.1 Å². The third kappa shape index (κ3) is 4.26. The first-order valence-electron chi connectivity index (χ1n) is 10.4. The third-order valence-corrected chi connectivity index (χ3v) is 5.61. The molecule has 3 heterocycles. The maximum atomic E-state index is 11.9. The van der Waals surface area contributed by atoms with Gasteiger partial charge in [-0.15, -0.1) is 0 Å². The second-order valence-corrected chi connectivity index (χ2v) is 7.61. The molecule has 1 saturated heterocycles. The Morgan fingerprint density at radius 2 is 2.10 bits per heavy atom. The van der Waals surface area contributed by atoms with Gasteiger partial charge in [-0.3, -0.25) is 5.10 Å². The Morgan fingerprint density at radius 3 is 2.77 bits per heavy atom. The van der Waals surface area contributed by atoms with Gasteiger partial charge in [0.1, 0.15) is 11.6 Å². The number of nitrogens with zero attached hydrogens (tertiary/aromatic N) is 5. The molecule has 0 bridgehead atoms. The number of aromatic amines is 1. The predicted octanol–water partition coefficient (Wildman–Crippen LogP) is 3.57. The van der Waals surface area contributed by atoms with E-state index in [1.807, 2.05) is 30.3 Å². The van der Waals surface area contributed by atoms with Crippen molar-refractivity contribution in [1.82, 2.24) is 20.2 Å². The summed E-state index contributed by atoms with van der Waals surface area (Å²) >= 11 is 0. The van der Waals surface area contributed by atoms with Crippen LogP contribution in [-0.4, -0.2) is 45.3 Å². The van der Waals surface area contributed by atoms with Gasteiger partial charge in [0, 0.05) is 30.3 Å². The smallest absolute Gasteiger partial charge is 0.339 e.